The Morgan fingerprint density at radius 1 is 1.41 bits per heavy atom. The van der Waals surface area contributed by atoms with E-state index in [0.717, 1.165) is 10.6 Å². The molecular weight excluding hydrogens is 239 g/mol. The third-order valence-electron chi connectivity index (χ3n) is 2.52. The Kier molecular flexibility index (Phi) is 3.71. The summed E-state index contributed by atoms with van der Waals surface area (Å²) < 4.78 is 13.1. The van der Waals surface area contributed by atoms with Crippen molar-refractivity contribution in [3.63, 3.8) is 0 Å². The number of benzene rings is 1. The molecule has 0 bridgehead atoms. The van der Waals surface area contributed by atoms with Crippen LogP contribution in [0.25, 0.3) is 0 Å². The van der Waals surface area contributed by atoms with Crippen molar-refractivity contribution in [3.8, 4) is 5.75 Å². The number of nitrogens with zero attached hydrogens (tertiary/aromatic N) is 1. The SMILES string of the molecule is Cc1ncsc1CNCc1cccc(F)c1O. The highest BCUT2D eigenvalue weighted by molar-refractivity contribution is 7.09. The van der Waals surface area contributed by atoms with E-state index in [1.54, 1.807) is 29.0 Å². The zero-order chi connectivity index (χ0) is 12.3. The molecular formula is C12H13FN2OS. The van der Waals surface area contributed by atoms with Gasteiger partial charge >= 0.3 is 0 Å². The minimum absolute atomic E-state index is 0.277. The first-order valence-electron chi connectivity index (χ1n) is 5.24. The van der Waals surface area contributed by atoms with E-state index in [1.165, 1.54) is 6.07 Å². The highest BCUT2D eigenvalue weighted by Gasteiger charge is 2.06. The van der Waals surface area contributed by atoms with Crippen molar-refractivity contribution in [2.75, 3.05) is 0 Å². The van der Waals surface area contributed by atoms with Gasteiger partial charge in [-0.15, -0.1) is 11.3 Å². The van der Waals surface area contributed by atoms with Crippen LogP contribution in [0, 0.1) is 12.7 Å². The molecule has 2 N–H and O–H groups in total. The average Bonchev–Trinajstić information content (AvgIpc) is 2.71. The van der Waals surface area contributed by atoms with Crippen molar-refractivity contribution in [2.45, 2.75) is 20.0 Å². The number of para-hydroxylation sites is 1. The number of nitrogens with one attached hydrogen (secondary N) is 1. The summed E-state index contributed by atoms with van der Waals surface area (Å²) >= 11 is 1.58. The predicted octanol–water partition coefficient (Wildman–Crippen LogP) is 2.59. The van der Waals surface area contributed by atoms with Crippen LogP contribution in [0.15, 0.2) is 23.7 Å². The first kappa shape index (κ1) is 12.0. The zero-order valence-electron chi connectivity index (χ0n) is 9.40. The van der Waals surface area contributed by atoms with Crippen LogP contribution >= 0.6 is 11.3 Å². The topological polar surface area (TPSA) is 45.2 Å². The Hall–Kier alpha value is -1.46. The largest absolute Gasteiger partial charge is 0.505 e. The van der Waals surface area contributed by atoms with Gasteiger partial charge in [-0.2, -0.15) is 0 Å². The number of hydrogen-bond donors (Lipinski definition) is 2. The van der Waals surface area contributed by atoms with Gasteiger partial charge in [0.1, 0.15) is 0 Å². The van der Waals surface area contributed by atoms with Crippen LogP contribution in [-0.4, -0.2) is 10.1 Å². The Balaban J connectivity index is 1.95. The summed E-state index contributed by atoms with van der Waals surface area (Å²) in [5, 5.41) is 12.6. The summed E-state index contributed by atoms with van der Waals surface area (Å²) in [6.07, 6.45) is 0. The number of aryl methyl sites for hydroxylation is 1. The van der Waals surface area contributed by atoms with Crippen molar-refractivity contribution < 1.29 is 9.50 Å². The molecule has 5 heteroatoms. The maximum atomic E-state index is 13.1. The first-order valence-corrected chi connectivity index (χ1v) is 6.12. The lowest BCUT2D eigenvalue weighted by Gasteiger charge is -2.06. The van der Waals surface area contributed by atoms with Gasteiger partial charge < -0.3 is 10.4 Å². The number of halogens is 1. The van der Waals surface area contributed by atoms with Crippen LogP contribution in [0.2, 0.25) is 0 Å². The normalized spacial score (nSPS) is 10.7. The van der Waals surface area contributed by atoms with Crippen LogP contribution in [-0.2, 0) is 13.1 Å². The van der Waals surface area contributed by atoms with E-state index in [-0.39, 0.29) is 5.75 Å². The highest BCUT2D eigenvalue weighted by atomic mass is 32.1. The van der Waals surface area contributed by atoms with Gasteiger partial charge in [0.05, 0.1) is 11.2 Å². The molecule has 1 aromatic heterocycles. The van der Waals surface area contributed by atoms with Crippen LogP contribution in [0.3, 0.4) is 0 Å². The number of aromatic nitrogens is 1. The lowest BCUT2D eigenvalue weighted by molar-refractivity contribution is 0.423. The number of thiazole rings is 1. The van der Waals surface area contributed by atoms with Crippen LogP contribution in [0.1, 0.15) is 16.1 Å². The second kappa shape index (κ2) is 5.25. The molecule has 0 atom stereocenters. The van der Waals surface area contributed by atoms with Gasteiger partial charge in [-0.25, -0.2) is 9.37 Å². The lowest BCUT2D eigenvalue weighted by Crippen LogP contribution is -2.12. The molecule has 17 heavy (non-hydrogen) atoms. The molecule has 1 aromatic carbocycles. The minimum atomic E-state index is -0.585. The van der Waals surface area contributed by atoms with Gasteiger partial charge in [0.2, 0.25) is 0 Å². The fraction of sp³-hybridized carbons (Fsp3) is 0.250. The highest BCUT2D eigenvalue weighted by Crippen LogP contribution is 2.20. The third-order valence-corrected chi connectivity index (χ3v) is 3.45. The molecule has 0 saturated carbocycles. The van der Waals surface area contributed by atoms with Crippen LogP contribution in [0.4, 0.5) is 4.39 Å². The quantitative estimate of drug-likeness (QED) is 0.879. The Morgan fingerprint density at radius 2 is 2.24 bits per heavy atom. The molecule has 0 aliphatic carbocycles. The second-order valence-electron chi connectivity index (χ2n) is 3.71. The third kappa shape index (κ3) is 2.81. The monoisotopic (exact) mass is 252 g/mol. The van der Waals surface area contributed by atoms with Gasteiger partial charge in [0.15, 0.2) is 11.6 Å². The predicted molar refractivity (Wildman–Crippen MR) is 65.5 cm³/mol. The van der Waals surface area contributed by atoms with Gasteiger partial charge in [0, 0.05) is 23.5 Å². The van der Waals surface area contributed by atoms with Gasteiger partial charge in [0.25, 0.3) is 0 Å². The molecule has 1 heterocycles. The fourth-order valence-corrected chi connectivity index (χ4v) is 2.26. The van der Waals surface area contributed by atoms with Gasteiger partial charge in [-0.3, -0.25) is 0 Å². The molecule has 0 fully saturated rings. The van der Waals surface area contributed by atoms with E-state index in [0.29, 0.717) is 18.7 Å². The van der Waals surface area contributed by atoms with Crippen molar-refractivity contribution in [2.24, 2.45) is 0 Å². The maximum Gasteiger partial charge on any atom is 0.165 e. The fourth-order valence-electron chi connectivity index (χ4n) is 1.51. The maximum absolute atomic E-state index is 13.1. The van der Waals surface area contributed by atoms with Crippen molar-refractivity contribution >= 4 is 11.3 Å². The second-order valence-corrected chi connectivity index (χ2v) is 4.65. The van der Waals surface area contributed by atoms with Crippen molar-refractivity contribution in [1.82, 2.24) is 10.3 Å². The van der Waals surface area contributed by atoms with Gasteiger partial charge in [-0.05, 0) is 13.0 Å². The lowest BCUT2D eigenvalue weighted by atomic mass is 10.2. The van der Waals surface area contributed by atoms with Gasteiger partial charge in [-0.1, -0.05) is 12.1 Å². The minimum Gasteiger partial charge on any atom is -0.505 e. The first-order chi connectivity index (χ1) is 8.18. The summed E-state index contributed by atoms with van der Waals surface area (Å²) in [4.78, 5) is 5.30. The number of aromatic hydroxyl groups is 1. The summed E-state index contributed by atoms with van der Waals surface area (Å²) in [6, 6.07) is 4.53. The van der Waals surface area contributed by atoms with E-state index in [2.05, 4.69) is 10.3 Å². The molecule has 0 radical (unpaired) electrons. The Bertz CT molecular complexity index is 513. The number of phenolic OH excluding ortho intramolecular Hbond substituents is 1. The van der Waals surface area contributed by atoms with Crippen molar-refractivity contribution in [3.05, 3.63) is 45.7 Å². The molecule has 0 saturated heterocycles. The number of hydrogen-bond acceptors (Lipinski definition) is 4. The molecule has 2 aromatic rings. The summed E-state index contributed by atoms with van der Waals surface area (Å²) in [7, 11) is 0. The Morgan fingerprint density at radius 3 is 2.94 bits per heavy atom. The molecule has 0 spiro atoms. The molecule has 90 valence electrons. The molecule has 0 aliphatic heterocycles. The average molecular weight is 252 g/mol. The molecule has 2 rings (SSSR count). The summed E-state index contributed by atoms with van der Waals surface area (Å²) in [5.74, 6) is -0.862. The Labute approximate surface area is 103 Å². The van der Waals surface area contributed by atoms with Crippen LogP contribution < -0.4 is 5.32 Å². The number of phenols is 1. The molecule has 0 aliphatic rings. The van der Waals surface area contributed by atoms with E-state index >= 15 is 0 Å². The zero-order valence-corrected chi connectivity index (χ0v) is 10.2. The van der Waals surface area contributed by atoms with Crippen LogP contribution in [0.5, 0.6) is 5.75 Å². The van der Waals surface area contributed by atoms with E-state index in [4.69, 9.17) is 0 Å². The van der Waals surface area contributed by atoms with Crippen molar-refractivity contribution in [1.29, 1.82) is 0 Å². The molecule has 0 amide bonds. The summed E-state index contributed by atoms with van der Waals surface area (Å²) in [5.41, 5.74) is 3.37. The standard InChI is InChI=1S/C12H13FN2OS/c1-8-11(17-7-15-8)6-14-5-9-3-2-4-10(13)12(9)16/h2-4,7,14,16H,5-6H2,1H3. The molecule has 0 unspecified atom stereocenters. The number of rotatable bonds is 4. The molecule has 3 nitrogen and oxygen atoms in total. The summed E-state index contributed by atoms with van der Waals surface area (Å²) in [6.45, 7) is 3.06. The smallest absolute Gasteiger partial charge is 0.165 e. The van der Waals surface area contributed by atoms with E-state index in [9.17, 15) is 9.50 Å². The van der Waals surface area contributed by atoms with E-state index < -0.39 is 5.82 Å². The van der Waals surface area contributed by atoms with E-state index in [1.807, 2.05) is 6.92 Å².